The van der Waals surface area contributed by atoms with Crippen LogP contribution >= 0.6 is 11.8 Å². The van der Waals surface area contributed by atoms with Crippen molar-refractivity contribution in [2.24, 2.45) is 4.99 Å². The number of nitrogens with one attached hydrogen (secondary N) is 1. The van der Waals surface area contributed by atoms with E-state index in [9.17, 15) is 18.4 Å². The Bertz CT molecular complexity index is 1180. The molecule has 1 fully saturated rings. The van der Waals surface area contributed by atoms with Crippen LogP contribution < -0.4 is 5.32 Å². The monoisotopic (exact) mass is 469 g/mol. The Kier molecular flexibility index (Phi) is 6.88. The normalized spacial score (nSPS) is 17.1. The fourth-order valence-corrected chi connectivity index (χ4v) is 4.46. The molecule has 1 atom stereocenters. The minimum Gasteiger partial charge on any atom is -0.467 e. The SMILES string of the molecule is CCc1ccc(N=C2SC(CC(=O)Nc3ccc(F)cc3F)C(=O)N2Cc2ccco2)cc1. The van der Waals surface area contributed by atoms with Crippen molar-refractivity contribution in [2.75, 3.05) is 5.32 Å². The fraction of sp³-hybridized carbons (Fsp3) is 0.208. The van der Waals surface area contributed by atoms with Crippen molar-refractivity contribution in [3.8, 4) is 0 Å². The highest BCUT2D eigenvalue weighted by molar-refractivity contribution is 8.15. The van der Waals surface area contributed by atoms with Gasteiger partial charge in [0, 0.05) is 12.5 Å². The standard InChI is InChI=1S/C24H21F2N3O3S/c1-2-15-5-8-17(9-6-15)27-24-29(14-18-4-3-11-32-18)23(31)21(33-24)13-22(30)28-20-10-7-16(25)12-19(20)26/h3-12,21H,2,13-14H2,1H3,(H,28,30). The number of carbonyl (C=O) groups is 2. The lowest BCUT2D eigenvalue weighted by atomic mass is 10.2. The number of aryl methyl sites for hydroxylation is 1. The highest BCUT2D eigenvalue weighted by Gasteiger charge is 2.39. The smallest absolute Gasteiger partial charge is 0.243 e. The number of aliphatic imine (C=N–C) groups is 1. The molecule has 33 heavy (non-hydrogen) atoms. The van der Waals surface area contributed by atoms with Gasteiger partial charge < -0.3 is 9.73 Å². The molecule has 2 heterocycles. The molecule has 1 aliphatic heterocycles. The van der Waals surface area contributed by atoms with E-state index in [2.05, 4.69) is 17.2 Å². The van der Waals surface area contributed by atoms with Gasteiger partial charge in [-0.2, -0.15) is 0 Å². The van der Waals surface area contributed by atoms with E-state index >= 15 is 0 Å². The number of anilines is 1. The Morgan fingerprint density at radius 1 is 1.18 bits per heavy atom. The maximum atomic E-state index is 13.9. The number of furan rings is 1. The second-order valence-corrected chi connectivity index (χ2v) is 8.57. The first-order chi connectivity index (χ1) is 15.9. The molecule has 3 aromatic rings. The Labute approximate surface area is 193 Å². The van der Waals surface area contributed by atoms with E-state index in [0.717, 1.165) is 18.6 Å². The van der Waals surface area contributed by atoms with Crippen molar-refractivity contribution in [1.29, 1.82) is 0 Å². The van der Waals surface area contributed by atoms with Crippen molar-refractivity contribution in [2.45, 2.75) is 31.6 Å². The predicted octanol–water partition coefficient (Wildman–Crippen LogP) is 5.28. The molecule has 1 aliphatic rings. The largest absolute Gasteiger partial charge is 0.467 e. The van der Waals surface area contributed by atoms with Crippen molar-refractivity contribution in [3.63, 3.8) is 0 Å². The van der Waals surface area contributed by atoms with Crippen LogP contribution in [0.1, 0.15) is 24.7 Å². The number of halogens is 2. The molecule has 2 amide bonds. The molecule has 9 heteroatoms. The van der Waals surface area contributed by atoms with Crippen LogP contribution in [0.3, 0.4) is 0 Å². The highest BCUT2D eigenvalue weighted by atomic mass is 32.2. The lowest BCUT2D eigenvalue weighted by molar-refractivity contribution is -0.128. The summed E-state index contributed by atoms with van der Waals surface area (Å²) in [5.41, 5.74) is 1.71. The van der Waals surface area contributed by atoms with E-state index in [1.54, 1.807) is 12.1 Å². The summed E-state index contributed by atoms with van der Waals surface area (Å²) in [7, 11) is 0. The Morgan fingerprint density at radius 3 is 2.64 bits per heavy atom. The number of carbonyl (C=O) groups excluding carboxylic acids is 2. The number of hydrogen-bond acceptors (Lipinski definition) is 5. The van der Waals surface area contributed by atoms with E-state index in [0.29, 0.717) is 22.7 Å². The Hall–Kier alpha value is -3.46. The van der Waals surface area contributed by atoms with Gasteiger partial charge in [-0.05, 0) is 48.4 Å². The number of rotatable bonds is 7. The average molecular weight is 470 g/mol. The molecule has 0 bridgehead atoms. The van der Waals surface area contributed by atoms with Gasteiger partial charge in [0.15, 0.2) is 5.17 Å². The zero-order valence-corrected chi connectivity index (χ0v) is 18.6. The summed E-state index contributed by atoms with van der Waals surface area (Å²) in [6.07, 6.45) is 2.23. The van der Waals surface area contributed by atoms with Crippen LogP contribution in [0.15, 0.2) is 70.3 Å². The van der Waals surface area contributed by atoms with E-state index in [1.807, 2.05) is 24.3 Å². The third-order valence-corrected chi connectivity index (χ3v) is 6.23. The van der Waals surface area contributed by atoms with Gasteiger partial charge in [-0.15, -0.1) is 0 Å². The van der Waals surface area contributed by atoms with Crippen LogP contribution in [0.25, 0.3) is 0 Å². The van der Waals surface area contributed by atoms with Crippen LogP contribution in [-0.4, -0.2) is 27.1 Å². The van der Waals surface area contributed by atoms with Gasteiger partial charge in [-0.1, -0.05) is 30.8 Å². The highest BCUT2D eigenvalue weighted by Crippen LogP contribution is 2.33. The number of thioether (sulfide) groups is 1. The lowest BCUT2D eigenvalue weighted by Gasteiger charge is -2.15. The Balaban J connectivity index is 1.52. The lowest BCUT2D eigenvalue weighted by Crippen LogP contribution is -2.33. The van der Waals surface area contributed by atoms with Crippen LogP contribution in [0.5, 0.6) is 0 Å². The second-order valence-electron chi connectivity index (χ2n) is 7.40. The Morgan fingerprint density at radius 2 is 1.97 bits per heavy atom. The maximum absolute atomic E-state index is 13.9. The third-order valence-electron chi connectivity index (χ3n) is 5.06. The molecule has 2 aromatic carbocycles. The molecule has 1 unspecified atom stereocenters. The summed E-state index contributed by atoms with van der Waals surface area (Å²) in [5.74, 6) is -1.90. The third kappa shape index (κ3) is 5.48. The van der Waals surface area contributed by atoms with Gasteiger partial charge in [0.05, 0.1) is 24.2 Å². The zero-order chi connectivity index (χ0) is 23.4. The molecule has 1 N–H and O–H groups in total. The molecule has 1 saturated heterocycles. The van der Waals surface area contributed by atoms with Gasteiger partial charge in [0.1, 0.15) is 22.6 Å². The molecular formula is C24H21F2N3O3S. The number of amides is 2. The number of hydrogen-bond donors (Lipinski definition) is 1. The second kappa shape index (κ2) is 9.99. The molecule has 0 saturated carbocycles. The van der Waals surface area contributed by atoms with Gasteiger partial charge in [-0.25, -0.2) is 13.8 Å². The van der Waals surface area contributed by atoms with Gasteiger partial charge in [-0.3, -0.25) is 14.5 Å². The van der Waals surface area contributed by atoms with Crippen LogP contribution in [0.4, 0.5) is 20.2 Å². The number of nitrogens with zero attached hydrogens (tertiary/aromatic N) is 2. The van der Waals surface area contributed by atoms with E-state index in [1.165, 1.54) is 28.5 Å². The van der Waals surface area contributed by atoms with Gasteiger partial charge in [0.2, 0.25) is 11.8 Å². The first-order valence-corrected chi connectivity index (χ1v) is 11.2. The summed E-state index contributed by atoms with van der Waals surface area (Å²) >= 11 is 1.17. The van der Waals surface area contributed by atoms with Crippen LogP contribution in [-0.2, 0) is 22.6 Å². The minimum atomic E-state index is -0.883. The summed E-state index contributed by atoms with van der Waals surface area (Å²) in [5, 5.41) is 2.11. The van der Waals surface area contributed by atoms with E-state index < -0.39 is 22.8 Å². The molecule has 0 radical (unpaired) electrons. The molecule has 6 nitrogen and oxygen atoms in total. The minimum absolute atomic E-state index is 0.144. The van der Waals surface area contributed by atoms with Crippen LogP contribution in [0.2, 0.25) is 0 Å². The summed E-state index contributed by atoms with van der Waals surface area (Å²) in [6.45, 7) is 2.24. The molecule has 1 aromatic heterocycles. The first-order valence-electron chi connectivity index (χ1n) is 10.4. The number of benzene rings is 2. The predicted molar refractivity (Wildman–Crippen MR) is 123 cm³/mol. The summed E-state index contributed by atoms with van der Waals surface area (Å²) in [6, 6.07) is 14.0. The average Bonchev–Trinajstić information content (AvgIpc) is 3.41. The fourth-order valence-electron chi connectivity index (χ4n) is 3.31. The van der Waals surface area contributed by atoms with E-state index in [4.69, 9.17) is 4.42 Å². The van der Waals surface area contributed by atoms with Crippen LogP contribution in [0, 0.1) is 11.6 Å². The zero-order valence-electron chi connectivity index (χ0n) is 17.8. The molecule has 170 valence electrons. The quantitative estimate of drug-likeness (QED) is 0.511. The first kappa shape index (κ1) is 22.7. The van der Waals surface area contributed by atoms with E-state index in [-0.39, 0.29) is 24.6 Å². The number of amidine groups is 1. The summed E-state index contributed by atoms with van der Waals surface area (Å²) < 4.78 is 32.3. The topological polar surface area (TPSA) is 74.9 Å². The van der Waals surface area contributed by atoms with Gasteiger partial charge >= 0.3 is 0 Å². The molecular weight excluding hydrogens is 448 g/mol. The molecule has 0 spiro atoms. The molecule has 0 aliphatic carbocycles. The van der Waals surface area contributed by atoms with Crippen molar-refractivity contribution in [1.82, 2.24) is 4.90 Å². The van der Waals surface area contributed by atoms with Crippen molar-refractivity contribution < 1.29 is 22.8 Å². The van der Waals surface area contributed by atoms with Crippen molar-refractivity contribution in [3.05, 3.63) is 83.8 Å². The van der Waals surface area contributed by atoms with Gasteiger partial charge in [0.25, 0.3) is 0 Å². The molecule has 4 rings (SSSR count). The summed E-state index contributed by atoms with van der Waals surface area (Å²) in [4.78, 5) is 31.7. The maximum Gasteiger partial charge on any atom is 0.243 e. The van der Waals surface area contributed by atoms with Crippen molar-refractivity contribution >= 4 is 40.1 Å².